The number of morpholine rings is 1. The van der Waals surface area contributed by atoms with Crippen LogP contribution in [0.4, 0.5) is 17.3 Å². The number of hydrogen-bond acceptors (Lipinski definition) is 8. The number of anilines is 3. The molecule has 0 aliphatic carbocycles. The Bertz CT molecular complexity index is 1400. The van der Waals surface area contributed by atoms with Crippen LogP contribution in [0.1, 0.15) is 0 Å². The van der Waals surface area contributed by atoms with Gasteiger partial charge in [0.2, 0.25) is 11.9 Å². The molecule has 10 heteroatoms. The average molecular weight is 503 g/mol. The van der Waals surface area contributed by atoms with Gasteiger partial charge in [0, 0.05) is 37.5 Å². The molecule has 0 bridgehead atoms. The summed E-state index contributed by atoms with van der Waals surface area (Å²) in [6, 6.07) is 17.3. The van der Waals surface area contributed by atoms with Gasteiger partial charge in [0.15, 0.2) is 0 Å². The number of benzene rings is 2. The lowest BCUT2D eigenvalue weighted by atomic mass is 10.1. The number of hydrogen-bond donors (Lipinski definition) is 1. The lowest BCUT2D eigenvalue weighted by Crippen LogP contribution is -2.43. The number of methoxy groups -OCH3 is 2. The molecule has 0 atom stereocenters. The molecular formula is C27H30N6O4. The van der Waals surface area contributed by atoms with Crippen LogP contribution >= 0.6 is 0 Å². The summed E-state index contributed by atoms with van der Waals surface area (Å²) in [5.41, 5.74) is 4.10. The minimum Gasteiger partial charge on any atom is -0.496 e. The van der Waals surface area contributed by atoms with Crippen molar-refractivity contribution in [2.24, 2.45) is 0 Å². The number of likely N-dealkylation sites (N-methyl/N-ethyl adjacent to an activating group) is 1. The Morgan fingerprint density at radius 1 is 1.05 bits per heavy atom. The number of nitrogens with one attached hydrogen (secondary N) is 1. The van der Waals surface area contributed by atoms with Crippen LogP contribution < -0.4 is 19.7 Å². The van der Waals surface area contributed by atoms with E-state index in [0.717, 1.165) is 41.3 Å². The minimum atomic E-state index is 0.00919. The van der Waals surface area contributed by atoms with Crippen molar-refractivity contribution in [2.45, 2.75) is 0 Å². The van der Waals surface area contributed by atoms with Gasteiger partial charge in [0.25, 0.3) is 0 Å². The Kier molecular flexibility index (Phi) is 7.20. The molecule has 2 aromatic heterocycles. The third kappa shape index (κ3) is 5.20. The van der Waals surface area contributed by atoms with Crippen molar-refractivity contribution in [2.75, 3.05) is 64.3 Å². The molecule has 192 valence electrons. The average Bonchev–Trinajstić information content (AvgIpc) is 3.36. The Labute approximate surface area is 215 Å². The Hall–Kier alpha value is -4.15. The second-order valence-corrected chi connectivity index (χ2v) is 8.69. The van der Waals surface area contributed by atoms with Crippen molar-refractivity contribution in [3.8, 4) is 22.8 Å². The van der Waals surface area contributed by atoms with Crippen LogP contribution in [0, 0.1) is 0 Å². The molecule has 3 heterocycles. The van der Waals surface area contributed by atoms with Crippen LogP contribution in [0.15, 0.2) is 60.8 Å². The third-order valence-electron chi connectivity index (χ3n) is 6.44. The van der Waals surface area contributed by atoms with Gasteiger partial charge in [-0.25, -0.2) is 9.50 Å². The van der Waals surface area contributed by atoms with Gasteiger partial charge in [0.05, 0.1) is 57.1 Å². The van der Waals surface area contributed by atoms with Crippen LogP contribution in [0.5, 0.6) is 11.5 Å². The molecule has 5 rings (SSSR count). The van der Waals surface area contributed by atoms with Gasteiger partial charge in [0.1, 0.15) is 11.5 Å². The van der Waals surface area contributed by atoms with Gasteiger partial charge >= 0.3 is 0 Å². The van der Waals surface area contributed by atoms with E-state index in [-0.39, 0.29) is 5.91 Å². The van der Waals surface area contributed by atoms with Crippen LogP contribution in [0.25, 0.3) is 16.8 Å². The summed E-state index contributed by atoms with van der Waals surface area (Å²) < 4.78 is 18.4. The fourth-order valence-electron chi connectivity index (χ4n) is 4.33. The Balaban J connectivity index is 1.37. The molecule has 1 N–H and O–H groups in total. The topological polar surface area (TPSA) is 93.5 Å². The molecule has 1 fully saturated rings. The number of carbonyl (C=O) groups excluding carboxylic acids is 1. The maximum absolute atomic E-state index is 12.8. The van der Waals surface area contributed by atoms with E-state index in [4.69, 9.17) is 19.3 Å². The summed E-state index contributed by atoms with van der Waals surface area (Å²) in [6.45, 7) is 3.18. The van der Waals surface area contributed by atoms with Crippen molar-refractivity contribution in [1.82, 2.24) is 19.5 Å². The zero-order valence-corrected chi connectivity index (χ0v) is 21.2. The van der Waals surface area contributed by atoms with Gasteiger partial charge in [-0.05, 0) is 36.4 Å². The standard InChI is InChI=1S/C27H30N6O4/c1-31(26(34)18-32-12-14-37-15-13-32)19-8-10-22(25(16-19)36-3)29-27-28-17-20-9-11-23(33(20)30-27)21-6-4-5-7-24(21)35-2/h4-11,16-17H,12-15,18H2,1-3H3,(H,29,30). The molecule has 10 nitrogen and oxygen atoms in total. The number of para-hydroxylation sites is 1. The predicted octanol–water partition coefficient (Wildman–Crippen LogP) is 3.45. The number of carbonyl (C=O) groups is 1. The molecule has 0 unspecified atom stereocenters. The molecule has 0 radical (unpaired) electrons. The number of rotatable bonds is 8. The van der Waals surface area contributed by atoms with Crippen molar-refractivity contribution < 1.29 is 19.0 Å². The van der Waals surface area contributed by atoms with E-state index in [2.05, 4.69) is 15.2 Å². The van der Waals surface area contributed by atoms with Gasteiger partial charge in [-0.3, -0.25) is 9.69 Å². The largest absolute Gasteiger partial charge is 0.496 e. The smallest absolute Gasteiger partial charge is 0.245 e. The van der Waals surface area contributed by atoms with E-state index in [1.807, 2.05) is 59.1 Å². The molecule has 1 saturated heterocycles. The Morgan fingerprint density at radius 3 is 2.62 bits per heavy atom. The number of amides is 1. The molecule has 37 heavy (non-hydrogen) atoms. The molecule has 2 aromatic carbocycles. The number of fused-ring (bicyclic) bond motifs is 1. The number of aromatic nitrogens is 3. The highest BCUT2D eigenvalue weighted by molar-refractivity contribution is 5.95. The van der Waals surface area contributed by atoms with Gasteiger partial charge < -0.3 is 24.4 Å². The normalized spacial score (nSPS) is 13.9. The van der Waals surface area contributed by atoms with Crippen molar-refractivity contribution in [3.05, 3.63) is 60.8 Å². The van der Waals surface area contributed by atoms with Crippen molar-refractivity contribution >= 4 is 28.7 Å². The van der Waals surface area contributed by atoms with E-state index < -0.39 is 0 Å². The monoisotopic (exact) mass is 502 g/mol. The molecule has 0 saturated carbocycles. The highest BCUT2D eigenvalue weighted by Gasteiger charge is 2.19. The van der Waals surface area contributed by atoms with Crippen LogP contribution in [0.3, 0.4) is 0 Å². The first-order valence-electron chi connectivity index (χ1n) is 12.1. The SMILES string of the molecule is COc1cc(N(C)C(=O)CN2CCOCC2)ccc1Nc1ncc2ccc(-c3ccccc3OC)n2n1. The highest BCUT2D eigenvalue weighted by Crippen LogP contribution is 2.33. The zero-order valence-electron chi connectivity index (χ0n) is 21.2. The van der Waals surface area contributed by atoms with E-state index in [1.54, 1.807) is 32.4 Å². The molecule has 1 aliphatic heterocycles. The molecule has 4 aromatic rings. The van der Waals surface area contributed by atoms with E-state index in [1.165, 1.54) is 0 Å². The molecule has 1 amide bonds. The van der Waals surface area contributed by atoms with Crippen LogP contribution in [0.2, 0.25) is 0 Å². The lowest BCUT2D eigenvalue weighted by molar-refractivity contribution is -0.120. The fraction of sp³-hybridized carbons (Fsp3) is 0.296. The lowest BCUT2D eigenvalue weighted by Gasteiger charge is -2.28. The predicted molar refractivity (Wildman–Crippen MR) is 142 cm³/mol. The van der Waals surface area contributed by atoms with Gasteiger partial charge in [-0.2, -0.15) is 0 Å². The maximum Gasteiger partial charge on any atom is 0.245 e. The third-order valence-corrected chi connectivity index (χ3v) is 6.44. The summed E-state index contributed by atoms with van der Waals surface area (Å²) in [6.07, 6.45) is 1.76. The van der Waals surface area contributed by atoms with E-state index in [0.29, 0.717) is 37.1 Å². The highest BCUT2D eigenvalue weighted by atomic mass is 16.5. The summed E-state index contributed by atoms with van der Waals surface area (Å²) in [5.74, 6) is 1.75. The zero-order chi connectivity index (χ0) is 25.8. The minimum absolute atomic E-state index is 0.00919. The van der Waals surface area contributed by atoms with E-state index >= 15 is 0 Å². The Morgan fingerprint density at radius 2 is 1.84 bits per heavy atom. The molecule has 0 spiro atoms. The van der Waals surface area contributed by atoms with Gasteiger partial charge in [-0.15, -0.1) is 5.10 Å². The number of nitrogens with zero attached hydrogens (tertiary/aromatic N) is 5. The molecule has 1 aliphatic rings. The quantitative estimate of drug-likeness (QED) is 0.392. The maximum atomic E-state index is 12.8. The second kappa shape index (κ2) is 10.9. The molecular weight excluding hydrogens is 472 g/mol. The summed E-state index contributed by atoms with van der Waals surface area (Å²) in [4.78, 5) is 21.0. The number of ether oxygens (including phenoxy) is 3. The fourth-order valence-corrected chi connectivity index (χ4v) is 4.33. The second-order valence-electron chi connectivity index (χ2n) is 8.69. The summed E-state index contributed by atoms with van der Waals surface area (Å²) in [7, 11) is 5.02. The van der Waals surface area contributed by atoms with Gasteiger partial charge in [-0.1, -0.05) is 12.1 Å². The summed E-state index contributed by atoms with van der Waals surface area (Å²) >= 11 is 0. The van der Waals surface area contributed by atoms with Crippen LogP contribution in [-0.4, -0.2) is 79.5 Å². The first-order chi connectivity index (χ1) is 18.1. The van der Waals surface area contributed by atoms with Crippen molar-refractivity contribution in [3.63, 3.8) is 0 Å². The van der Waals surface area contributed by atoms with Crippen molar-refractivity contribution in [1.29, 1.82) is 0 Å². The first kappa shape index (κ1) is 24.5. The van der Waals surface area contributed by atoms with Crippen LogP contribution in [-0.2, 0) is 9.53 Å². The summed E-state index contributed by atoms with van der Waals surface area (Å²) in [5, 5.41) is 7.96. The first-order valence-corrected chi connectivity index (χ1v) is 12.1. The van der Waals surface area contributed by atoms with E-state index in [9.17, 15) is 4.79 Å².